The first-order valence-electron chi connectivity index (χ1n) is 7.51. The van der Waals surface area contributed by atoms with Gasteiger partial charge >= 0.3 is 0 Å². The Morgan fingerprint density at radius 2 is 2.29 bits per heavy atom. The molecule has 0 radical (unpaired) electrons. The number of nitrogens with two attached hydrogens (primary N) is 1. The van der Waals surface area contributed by atoms with Crippen LogP contribution in [0.25, 0.3) is 0 Å². The molecule has 2 rings (SSSR count). The molecule has 2 unspecified atom stereocenters. The zero-order chi connectivity index (χ0) is 15.2. The van der Waals surface area contributed by atoms with E-state index >= 15 is 0 Å². The van der Waals surface area contributed by atoms with Gasteiger partial charge in [0.15, 0.2) is 5.84 Å². The number of methoxy groups -OCH3 is 1. The maximum Gasteiger partial charge on any atom is 0.173 e. The highest BCUT2D eigenvalue weighted by Crippen LogP contribution is 2.30. The summed E-state index contributed by atoms with van der Waals surface area (Å²) in [6, 6.07) is 5.72. The molecule has 0 spiro atoms. The lowest BCUT2D eigenvalue weighted by Crippen LogP contribution is -2.24. The van der Waals surface area contributed by atoms with Gasteiger partial charge in [-0.2, -0.15) is 0 Å². The van der Waals surface area contributed by atoms with Gasteiger partial charge in [0.1, 0.15) is 5.75 Å². The van der Waals surface area contributed by atoms with Gasteiger partial charge in [0.2, 0.25) is 0 Å². The quantitative estimate of drug-likeness (QED) is 0.325. The summed E-state index contributed by atoms with van der Waals surface area (Å²) in [5.41, 5.74) is 7.36. The van der Waals surface area contributed by atoms with E-state index in [2.05, 4.69) is 17.4 Å². The molecular formula is C16H25N3O2. The van der Waals surface area contributed by atoms with Crippen LogP contribution in [0.2, 0.25) is 0 Å². The van der Waals surface area contributed by atoms with Crippen molar-refractivity contribution in [2.45, 2.75) is 32.7 Å². The van der Waals surface area contributed by atoms with Crippen molar-refractivity contribution in [3.63, 3.8) is 0 Å². The molecule has 5 nitrogen and oxygen atoms in total. The maximum atomic E-state index is 8.76. The first-order valence-corrected chi connectivity index (χ1v) is 7.51. The minimum absolute atomic E-state index is 0.0612. The lowest BCUT2D eigenvalue weighted by Gasteiger charge is -2.16. The number of amidine groups is 1. The van der Waals surface area contributed by atoms with Gasteiger partial charge in [-0.15, -0.1) is 0 Å². The molecule has 1 aliphatic rings. The molecular weight excluding hydrogens is 266 g/mol. The maximum absolute atomic E-state index is 8.76. The van der Waals surface area contributed by atoms with Crippen molar-refractivity contribution in [1.29, 1.82) is 0 Å². The van der Waals surface area contributed by atoms with Crippen molar-refractivity contribution in [2.24, 2.45) is 22.7 Å². The minimum atomic E-state index is 0.0612. The molecule has 4 N–H and O–H groups in total. The SMILES string of the molecule is COc1cc(CNCC2CCCC2C)ccc1/C(N)=N/O. The number of hydrogen-bond donors (Lipinski definition) is 3. The van der Waals surface area contributed by atoms with Crippen LogP contribution in [0, 0.1) is 11.8 Å². The van der Waals surface area contributed by atoms with Gasteiger partial charge < -0.3 is 21.0 Å². The molecule has 1 aromatic carbocycles. The molecule has 0 heterocycles. The Kier molecular flexibility index (Phi) is 5.44. The summed E-state index contributed by atoms with van der Waals surface area (Å²) >= 11 is 0. The van der Waals surface area contributed by atoms with Crippen molar-refractivity contribution in [3.8, 4) is 5.75 Å². The van der Waals surface area contributed by atoms with E-state index < -0.39 is 0 Å². The number of ether oxygens (including phenoxy) is 1. The third-order valence-corrected chi connectivity index (χ3v) is 4.42. The molecule has 1 fully saturated rings. The molecule has 116 valence electrons. The zero-order valence-corrected chi connectivity index (χ0v) is 12.8. The van der Waals surface area contributed by atoms with Crippen LogP contribution in [-0.2, 0) is 6.54 Å². The molecule has 0 aliphatic heterocycles. The number of rotatable bonds is 6. The number of benzene rings is 1. The molecule has 1 aromatic rings. The molecule has 0 saturated heterocycles. The largest absolute Gasteiger partial charge is 0.496 e. The van der Waals surface area contributed by atoms with Crippen LogP contribution >= 0.6 is 0 Å². The minimum Gasteiger partial charge on any atom is -0.496 e. The average molecular weight is 291 g/mol. The smallest absolute Gasteiger partial charge is 0.173 e. The van der Waals surface area contributed by atoms with Crippen LogP contribution in [0.3, 0.4) is 0 Å². The van der Waals surface area contributed by atoms with E-state index in [0.717, 1.165) is 30.5 Å². The van der Waals surface area contributed by atoms with Crippen LogP contribution in [0.4, 0.5) is 0 Å². The van der Waals surface area contributed by atoms with Gasteiger partial charge in [-0.05, 0) is 42.5 Å². The van der Waals surface area contributed by atoms with Crippen molar-refractivity contribution < 1.29 is 9.94 Å². The zero-order valence-electron chi connectivity index (χ0n) is 12.8. The highest BCUT2D eigenvalue weighted by atomic mass is 16.5. The average Bonchev–Trinajstić information content (AvgIpc) is 2.91. The Balaban J connectivity index is 1.94. The summed E-state index contributed by atoms with van der Waals surface area (Å²) in [6.45, 7) is 4.20. The van der Waals surface area contributed by atoms with Crippen LogP contribution in [0.5, 0.6) is 5.75 Å². The van der Waals surface area contributed by atoms with E-state index in [4.69, 9.17) is 15.7 Å². The highest BCUT2D eigenvalue weighted by Gasteiger charge is 2.22. The highest BCUT2D eigenvalue weighted by molar-refractivity contribution is 5.99. The summed E-state index contributed by atoms with van der Waals surface area (Å²) in [5.74, 6) is 2.31. The second-order valence-corrected chi connectivity index (χ2v) is 5.82. The van der Waals surface area contributed by atoms with Crippen LogP contribution in [-0.4, -0.2) is 24.7 Å². The van der Waals surface area contributed by atoms with Crippen LogP contribution in [0.15, 0.2) is 23.4 Å². The van der Waals surface area contributed by atoms with Gasteiger partial charge in [0.25, 0.3) is 0 Å². The third kappa shape index (κ3) is 3.88. The summed E-state index contributed by atoms with van der Waals surface area (Å²) < 4.78 is 5.31. The summed E-state index contributed by atoms with van der Waals surface area (Å²) in [6.07, 6.45) is 4.05. The van der Waals surface area contributed by atoms with E-state index in [1.165, 1.54) is 19.3 Å². The van der Waals surface area contributed by atoms with Gasteiger partial charge in [-0.3, -0.25) is 0 Å². The molecule has 0 aromatic heterocycles. The fourth-order valence-corrected chi connectivity index (χ4v) is 3.04. The Morgan fingerprint density at radius 1 is 1.48 bits per heavy atom. The van der Waals surface area contributed by atoms with Crippen molar-refractivity contribution in [2.75, 3.05) is 13.7 Å². The molecule has 5 heteroatoms. The fourth-order valence-electron chi connectivity index (χ4n) is 3.04. The first kappa shape index (κ1) is 15.6. The predicted octanol–water partition coefficient (Wildman–Crippen LogP) is 2.32. The summed E-state index contributed by atoms with van der Waals surface area (Å²) in [7, 11) is 1.58. The Morgan fingerprint density at radius 3 is 2.90 bits per heavy atom. The second kappa shape index (κ2) is 7.31. The van der Waals surface area contributed by atoms with Crippen LogP contribution < -0.4 is 15.8 Å². The predicted molar refractivity (Wildman–Crippen MR) is 83.7 cm³/mol. The molecule has 1 saturated carbocycles. The van der Waals surface area contributed by atoms with E-state index in [-0.39, 0.29) is 5.84 Å². The number of hydrogen-bond acceptors (Lipinski definition) is 4. The van der Waals surface area contributed by atoms with Crippen molar-refractivity contribution in [1.82, 2.24) is 5.32 Å². The second-order valence-electron chi connectivity index (χ2n) is 5.82. The lowest BCUT2D eigenvalue weighted by atomic mass is 9.98. The number of oxime groups is 1. The van der Waals surface area contributed by atoms with Gasteiger partial charge in [-0.25, -0.2) is 0 Å². The number of nitrogens with one attached hydrogen (secondary N) is 1. The Labute approximate surface area is 126 Å². The Hall–Kier alpha value is -1.75. The molecule has 2 atom stereocenters. The Bertz CT molecular complexity index is 502. The molecule has 0 amide bonds. The van der Waals surface area contributed by atoms with Gasteiger partial charge in [0.05, 0.1) is 12.7 Å². The molecule has 1 aliphatic carbocycles. The lowest BCUT2D eigenvalue weighted by molar-refractivity contribution is 0.318. The summed E-state index contributed by atoms with van der Waals surface area (Å²) in [5, 5.41) is 15.3. The molecule has 21 heavy (non-hydrogen) atoms. The van der Waals surface area contributed by atoms with E-state index in [0.29, 0.717) is 11.3 Å². The van der Waals surface area contributed by atoms with E-state index in [1.807, 2.05) is 18.2 Å². The fraction of sp³-hybridized carbons (Fsp3) is 0.562. The normalized spacial score (nSPS) is 22.5. The van der Waals surface area contributed by atoms with E-state index in [9.17, 15) is 0 Å². The van der Waals surface area contributed by atoms with Crippen LogP contribution in [0.1, 0.15) is 37.3 Å². The standard InChI is InChI=1S/C16H25N3O2/c1-11-4-3-5-13(11)10-18-9-12-6-7-14(16(17)19-20)15(8-12)21-2/h6-8,11,13,18,20H,3-5,9-10H2,1-2H3,(H2,17,19). The number of nitrogens with zero attached hydrogens (tertiary/aromatic N) is 1. The van der Waals surface area contributed by atoms with Crippen molar-refractivity contribution >= 4 is 5.84 Å². The third-order valence-electron chi connectivity index (χ3n) is 4.42. The van der Waals surface area contributed by atoms with E-state index in [1.54, 1.807) is 7.11 Å². The van der Waals surface area contributed by atoms with Crippen molar-refractivity contribution in [3.05, 3.63) is 29.3 Å². The summed E-state index contributed by atoms with van der Waals surface area (Å²) in [4.78, 5) is 0. The monoisotopic (exact) mass is 291 g/mol. The first-order chi connectivity index (χ1) is 10.2. The van der Waals surface area contributed by atoms with Gasteiger partial charge in [0, 0.05) is 6.54 Å². The topological polar surface area (TPSA) is 79.9 Å². The van der Waals surface area contributed by atoms with Gasteiger partial charge in [-0.1, -0.05) is 31.0 Å². The molecule has 0 bridgehead atoms.